The van der Waals surface area contributed by atoms with Crippen molar-refractivity contribution < 1.29 is 5.11 Å². The first kappa shape index (κ1) is 9.16. The van der Waals surface area contributed by atoms with Gasteiger partial charge in [0.15, 0.2) is 0 Å². The molecule has 3 atom stereocenters. The van der Waals surface area contributed by atoms with Crippen molar-refractivity contribution in [1.29, 1.82) is 0 Å². The van der Waals surface area contributed by atoms with Crippen molar-refractivity contribution in [2.75, 3.05) is 0 Å². The van der Waals surface area contributed by atoms with Crippen LogP contribution in [-0.2, 0) is 5.60 Å². The summed E-state index contributed by atoms with van der Waals surface area (Å²) in [5.41, 5.74) is 0.241. The van der Waals surface area contributed by atoms with Crippen molar-refractivity contribution in [3.05, 3.63) is 16.1 Å². The second-order valence-corrected chi connectivity index (χ2v) is 5.21. The summed E-state index contributed by atoms with van der Waals surface area (Å²) >= 11 is 1.61. The fraction of sp³-hybridized carbons (Fsp3) is 0.700. The average Bonchev–Trinajstić information content (AvgIpc) is 2.51. The summed E-state index contributed by atoms with van der Waals surface area (Å²) < 4.78 is 0. The molecule has 2 nitrogen and oxygen atoms in total. The molecule has 0 saturated heterocycles. The normalized spacial score (nSPS) is 38.8. The molecule has 1 saturated carbocycles. The number of aryl methyl sites for hydroxylation is 1. The molecule has 1 heterocycles. The number of hydrogen-bond acceptors (Lipinski definition) is 3. The maximum Gasteiger partial charge on any atom is 0.110 e. The molecular formula is C10H15NOS. The summed E-state index contributed by atoms with van der Waals surface area (Å²) in [7, 11) is 0. The molecule has 0 aromatic carbocycles. The van der Waals surface area contributed by atoms with E-state index >= 15 is 0 Å². The van der Waals surface area contributed by atoms with Crippen LogP contribution in [0, 0.1) is 18.8 Å². The van der Waals surface area contributed by atoms with Gasteiger partial charge in [-0.05, 0) is 25.2 Å². The number of hydrogen-bond donors (Lipinski definition) is 1. The molecule has 2 rings (SSSR count). The quantitative estimate of drug-likeness (QED) is 0.749. The SMILES string of the molecule is Cc1nc(C2(O)CC(C)C2C)cs1. The van der Waals surface area contributed by atoms with E-state index < -0.39 is 5.60 Å². The minimum atomic E-state index is -0.635. The van der Waals surface area contributed by atoms with E-state index in [1.165, 1.54) is 0 Å². The highest BCUT2D eigenvalue weighted by Crippen LogP contribution is 2.50. The third-order valence-electron chi connectivity index (χ3n) is 3.30. The number of aliphatic hydroxyl groups is 1. The largest absolute Gasteiger partial charge is 0.383 e. The lowest BCUT2D eigenvalue weighted by Crippen LogP contribution is -2.49. The van der Waals surface area contributed by atoms with Crippen LogP contribution < -0.4 is 0 Å². The van der Waals surface area contributed by atoms with Crippen LogP contribution in [0.15, 0.2) is 5.38 Å². The van der Waals surface area contributed by atoms with Gasteiger partial charge in [0.2, 0.25) is 0 Å². The first-order valence-corrected chi connectivity index (χ1v) is 5.57. The Morgan fingerprint density at radius 1 is 1.62 bits per heavy atom. The van der Waals surface area contributed by atoms with Crippen LogP contribution in [-0.4, -0.2) is 10.1 Å². The van der Waals surface area contributed by atoms with Gasteiger partial charge >= 0.3 is 0 Å². The molecule has 1 aliphatic rings. The monoisotopic (exact) mass is 197 g/mol. The van der Waals surface area contributed by atoms with E-state index in [0.29, 0.717) is 11.8 Å². The molecule has 0 bridgehead atoms. The Labute approximate surface area is 82.6 Å². The lowest BCUT2D eigenvalue weighted by Gasteiger charge is -2.48. The van der Waals surface area contributed by atoms with Crippen molar-refractivity contribution in [3.63, 3.8) is 0 Å². The Morgan fingerprint density at radius 3 is 2.69 bits per heavy atom. The second-order valence-electron chi connectivity index (χ2n) is 4.15. The molecule has 3 heteroatoms. The van der Waals surface area contributed by atoms with Crippen molar-refractivity contribution in [2.45, 2.75) is 32.8 Å². The molecule has 1 aromatic rings. The van der Waals surface area contributed by atoms with Crippen molar-refractivity contribution in [2.24, 2.45) is 11.8 Å². The van der Waals surface area contributed by atoms with Crippen LogP contribution in [0.2, 0.25) is 0 Å². The third-order valence-corrected chi connectivity index (χ3v) is 4.08. The molecule has 1 fully saturated rings. The number of thiazole rings is 1. The summed E-state index contributed by atoms with van der Waals surface area (Å²) in [5, 5.41) is 13.3. The van der Waals surface area contributed by atoms with Gasteiger partial charge in [-0.15, -0.1) is 11.3 Å². The summed E-state index contributed by atoms with van der Waals surface area (Å²) in [6.45, 7) is 6.26. The van der Waals surface area contributed by atoms with Gasteiger partial charge in [-0.3, -0.25) is 0 Å². The van der Waals surface area contributed by atoms with Crippen LogP contribution in [0.25, 0.3) is 0 Å². The van der Waals surface area contributed by atoms with E-state index in [4.69, 9.17) is 0 Å². The van der Waals surface area contributed by atoms with Gasteiger partial charge in [-0.25, -0.2) is 4.98 Å². The second kappa shape index (κ2) is 2.79. The van der Waals surface area contributed by atoms with E-state index in [-0.39, 0.29) is 0 Å². The smallest absolute Gasteiger partial charge is 0.110 e. The van der Waals surface area contributed by atoms with E-state index in [0.717, 1.165) is 17.1 Å². The summed E-state index contributed by atoms with van der Waals surface area (Å²) in [6, 6.07) is 0. The standard InChI is InChI=1S/C10H15NOS/c1-6-4-10(12,7(6)2)9-5-13-8(3)11-9/h5-7,12H,4H2,1-3H3. The molecule has 0 aliphatic heterocycles. The number of nitrogens with zero attached hydrogens (tertiary/aromatic N) is 1. The van der Waals surface area contributed by atoms with Gasteiger partial charge in [0.1, 0.15) is 5.60 Å². The predicted octanol–water partition coefficient (Wildman–Crippen LogP) is 2.32. The molecule has 0 radical (unpaired) electrons. The Morgan fingerprint density at radius 2 is 2.31 bits per heavy atom. The Hall–Kier alpha value is -0.410. The summed E-state index contributed by atoms with van der Waals surface area (Å²) in [6.07, 6.45) is 0.858. The fourth-order valence-corrected chi connectivity index (χ4v) is 2.75. The Bertz CT molecular complexity index is 322. The van der Waals surface area contributed by atoms with Crippen molar-refractivity contribution in [3.8, 4) is 0 Å². The fourth-order valence-electron chi connectivity index (χ4n) is 2.06. The predicted molar refractivity (Wildman–Crippen MR) is 53.7 cm³/mol. The van der Waals surface area contributed by atoms with Crippen LogP contribution in [0.5, 0.6) is 0 Å². The highest BCUT2D eigenvalue weighted by atomic mass is 32.1. The molecule has 1 aliphatic carbocycles. The highest BCUT2D eigenvalue weighted by Gasteiger charge is 2.50. The van der Waals surface area contributed by atoms with E-state index in [1.54, 1.807) is 11.3 Å². The van der Waals surface area contributed by atoms with Gasteiger partial charge in [0.25, 0.3) is 0 Å². The number of rotatable bonds is 1. The van der Waals surface area contributed by atoms with Gasteiger partial charge in [0.05, 0.1) is 10.7 Å². The van der Waals surface area contributed by atoms with E-state index in [1.807, 2.05) is 12.3 Å². The van der Waals surface area contributed by atoms with Crippen LogP contribution in [0.3, 0.4) is 0 Å². The van der Waals surface area contributed by atoms with Gasteiger partial charge in [-0.1, -0.05) is 13.8 Å². The lowest BCUT2D eigenvalue weighted by molar-refractivity contribution is -0.134. The van der Waals surface area contributed by atoms with Gasteiger partial charge in [0, 0.05) is 5.38 Å². The van der Waals surface area contributed by atoms with Crippen LogP contribution >= 0.6 is 11.3 Å². The maximum absolute atomic E-state index is 10.3. The molecule has 3 unspecified atom stereocenters. The third kappa shape index (κ3) is 1.22. The Balaban J connectivity index is 2.27. The van der Waals surface area contributed by atoms with E-state index in [9.17, 15) is 5.11 Å². The minimum Gasteiger partial charge on any atom is -0.383 e. The first-order valence-electron chi connectivity index (χ1n) is 4.69. The molecule has 0 spiro atoms. The molecule has 0 amide bonds. The first-order chi connectivity index (χ1) is 6.04. The zero-order valence-corrected chi connectivity index (χ0v) is 9.06. The molecule has 13 heavy (non-hydrogen) atoms. The maximum atomic E-state index is 10.3. The van der Waals surface area contributed by atoms with Gasteiger partial charge < -0.3 is 5.11 Å². The molecule has 1 N–H and O–H groups in total. The molecule has 72 valence electrons. The molecular weight excluding hydrogens is 182 g/mol. The van der Waals surface area contributed by atoms with Gasteiger partial charge in [-0.2, -0.15) is 0 Å². The van der Waals surface area contributed by atoms with Crippen LogP contribution in [0.1, 0.15) is 31.0 Å². The van der Waals surface area contributed by atoms with Crippen LogP contribution in [0.4, 0.5) is 0 Å². The average molecular weight is 197 g/mol. The molecule has 1 aromatic heterocycles. The highest BCUT2D eigenvalue weighted by molar-refractivity contribution is 7.09. The van der Waals surface area contributed by atoms with E-state index in [2.05, 4.69) is 18.8 Å². The number of aromatic nitrogens is 1. The topological polar surface area (TPSA) is 33.1 Å². The van der Waals surface area contributed by atoms with Crippen molar-refractivity contribution in [1.82, 2.24) is 4.98 Å². The minimum absolute atomic E-state index is 0.342. The summed E-state index contributed by atoms with van der Waals surface area (Å²) in [4.78, 5) is 4.36. The lowest BCUT2D eigenvalue weighted by atomic mass is 9.62. The zero-order valence-electron chi connectivity index (χ0n) is 8.24. The summed E-state index contributed by atoms with van der Waals surface area (Å²) in [5.74, 6) is 0.959. The Kier molecular flexibility index (Phi) is 1.96. The zero-order chi connectivity index (χ0) is 9.64. The van der Waals surface area contributed by atoms with Crippen molar-refractivity contribution >= 4 is 11.3 Å².